The third-order valence-electron chi connectivity index (χ3n) is 3.45. The minimum atomic E-state index is -0.393. The molecule has 19 heavy (non-hydrogen) atoms. The van der Waals surface area contributed by atoms with Crippen molar-refractivity contribution in [3.05, 3.63) is 29.6 Å². The van der Waals surface area contributed by atoms with E-state index >= 15 is 0 Å². The zero-order valence-corrected chi connectivity index (χ0v) is 10.7. The van der Waals surface area contributed by atoms with Gasteiger partial charge < -0.3 is 9.64 Å². The zero-order valence-electron chi connectivity index (χ0n) is 10.7. The molecule has 1 aromatic rings. The SMILES string of the molecule is COC(=O)C1CCN(c2ccc(C#N)cc2F)CC1. The van der Waals surface area contributed by atoms with E-state index in [4.69, 9.17) is 10.00 Å². The molecule has 0 aliphatic carbocycles. The van der Waals surface area contributed by atoms with Crippen LogP contribution in [0.15, 0.2) is 18.2 Å². The summed E-state index contributed by atoms with van der Waals surface area (Å²) in [6.45, 7) is 1.23. The van der Waals surface area contributed by atoms with Crippen molar-refractivity contribution in [3.63, 3.8) is 0 Å². The largest absolute Gasteiger partial charge is 0.469 e. The molecule has 1 aliphatic rings. The number of hydrogen-bond acceptors (Lipinski definition) is 4. The summed E-state index contributed by atoms with van der Waals surface area (Å²) in [7, 11) is 1.38. The number of carbonyl (C=O) groups is 1. The maximum atomic E-state index is 13.9. The van der Waals surface area contributed by atoms with Crippen LogP contribution in [0.1, 0.15) is 18.4 Å². The molecule has 4 nitrogen and oxygen atoms in total. The van der Waals surface area contributed by atoms with E-state index in [1.165, 1.54) is 13.2 Å². The number of piperidine rings is 1. The van der Waals surface area contributed by atoms with Crippen molar-refractivity contribution in [2.24, 2.45) is 5.92 Å². The Morgan fingerprint density at radius 3 is 2.68 bits per heavy atom. The van der Waals surface area contributed by atoms with Gasteiger partial charge in [-0.1, -0.05) is 0 Å². The smallest absolute Gasteiger partial charge is 0.308 e. The van der Waals surface area contributed by atoms with Crippen molar-refractivity contribution >= 4 is 11.7 Å². The number of nitriles is 1. The summed E-state index contributed by atoms with van der Waals surface area (Å²) in [6.07, 6.45) is 1.32. The van der Waals surface area contributed by atoms with Gasteiger partial charge in [0.2, 0.25) is 0 Å². The Hall–Kier alpha value is -2.09. The molecule has 1 aliphatic heterocycles. The molecule has 0 aromatic heterocycles. The first-order chi connectivity index (χ1) is 9.15. The van der Waals surface area contributed by atoms with E-state index in [0.717, 1.165) is 0 Å². The van der Waals surface area contributed by atoms with Gasteiger partial charge in [0.1, 0.15) is 5.82 Å². The molecule has 0 unspecified atom stereocenters. The van der Waals surface area contributed by atoms with Gasteiger partial charge in [-0.25, -0.2) is 4.39 Å². The van der Waals surface area contributed by atoms with Gasteiger partial charge in [0.05, 0.1) is 30.3 Å². The second-order valence-electron chi connectivity index (χ2n) is 4.56. The normalized spacial score (nSPS) is 15.9. The fourth-order valence-corrected chi connectivity index (χ4v) is 2.36. The van der Waals surface area contributed by atoms with Gasteiger partial charge >= 0.3 is 5.97 Å². The highest BCUT2D eigenvalue weighted by Crippen LogP contribution is 2.26. The number of carbonyl (C=O) groups excluding carboxylic acids is 1. The molecule has 0 N–H and O–H groups in total. The molecule has 100 valence electrons. The highest BCUT2D eigenvalue weighted by atomic mass is 19.1. The Labute approximate surface area is 111 Å². The third-order valence-corrected chi connectivity index (χ3v) is 3.45. The van der Waals surface area contributed by atoms with Crippen LogP contribution in [-0.2, 0) is 9.53 Å². The molecule has 1 aromatic carbocycles. The average molecular weight is 262 g/mol. The number of nitrogens with zero attached hydrogens (tertiary/aromatic N) is 2. The molecule has 0 saturated carbocycles. The van der Waals surface area contributed by atoms with Crippen LogP contribution < -0.4 is 4.90 Å². The number of halogens is 1. The number of ether oxygens (including phenoxy) is 1. The second kappa shape index (κ2) is 5.70. The predicted molar refractivity (Wildman–Crippen MR) is 68.1 cm³/mol. The van der Waals surface area contributed by atoms with Crippen LogP contribution in [0.25, 0.3) is 0 Å². The van der Waals surface area contributed by atoms with Gasteiger partial charge in [0.25, 0.3) is 0 Å². The minimum absolute atomic E-state index is 0.0947. The number of esters is 1. The van der Waals surface area contributed by atoms with Crippen LogP contribution in [0.5, 0.6) is 0 Å². The van der Waals surface area contributed by atoms with Gasteiger partial charge in [-0.3, -0.25) is 4.79 Å². The Bertz CT molecular complexity index is 517. The molecule has 2 rings (SSSR count). The van der Waals surface area contributed by atoms with Crippen molar-refractivity contribution in [1.82, 2.24) is 0 Å². The van der Waals surface area contributed by atoms with E-state index < -0.39 is 5.82 Å². The average Bonchev–Trinajstić information content (AvgIpc) is 2.46. The van der Waals surface area contributed by atoms with E-state index in [2.05, 4.69) is 0 Å². The van der Waals surface area contributed by atoms with Gasteiger partial charge in [0.15, 0.2) is 0 Å². The number of hydrogen-bond donors (Lipinski definition) is 0. The molecule has 1 heterocycles. The molecule has 1 saturated heterocycles. The van der Waals surface area contributed by atoms with Crippen molar-refractivity contribution < 1.29 is 13.9 Å². The highest BCUT2D eigenvalue weighted by Gasteiger charge is 2.26. The van der Waals surface area contributed by atoms with Crippen LogP contribution in [0, 0.1) is 23.1 Å². The van der Waals surface area contributed by atoms with Crippen LogP contribution in [-0.4, -0.2) is 26.2 Å². The molecule has 0 atom stereocenters. The highest BCUT2D eigenvalue weighted by molar-refractivity contribution is 5.72. The van der Waals surface area contributed by atoms with Gasteiger partial charge in [-0.05, 0) is 31.0 Å². The Balaban J connectivity index is 2.06. The van der Waals surface area contributed by atoms with Crippen LogP contribution in [0.4, 0.5) is 10.1 Å². The standard InChI is InChI=1S/C14H15FN2O2/c1-19-14(18)11-4-6-17(7-5-11)13-3-2-10(9-16)8-12(13)15/h2-3,8,11H,4-7H2,1H3. The fourth-order valence-electron chi connectivity index (χ4n) is 2.36. The first kappa shape index (κ1) is 13.3. The monoisotopic (exact) mass is 262 g/mol. The van der Waals surface area contributed by atoms with Crippen LogP contribution >= 0.6 is 0 Å². The van der Waals surface area contributed by atoms with Crippen molar-refractivity contribution in [2.45, 2.75) is 12.8 Å². The summed E-state index contributed by atoms with van der Waals surface area (Å²) < 4.78 is 18.6. The molecule has 5 heteroatoms. The molecule has 1 fully saturated rings. The predicted octanol–water partition coefficient (Wildman–Crippen LogP) is 2.09. The van der Waals surface area contributed by atoms with Crippen molar-refractivity contribution in [1.29, 1.82) is 5.26 Å². The maximum absolute atomic E-state index is 13.9. The summed E-state index contributed by atoms with van der Waals surface area (Å²) >= 11 is 0. The Morgan fingerprint density at radius 1 is 1.47 bits per heavy atom. The quantitative estimate of drug-likeness (QED) is 0.766. The lowest BCUT2D eigenvalue weighted by Crippen LogP contribution is -2.37. The minimum Gasteiger partial charge on any atom is -0.469 e. The number of benzene rings is 1. The molecular formula is C14H15FN2O2. The molecule has 0 radical (unpaired) electrons. The lowest BCUT2D eigenvalue weighted by molar-refractivity contribution is -0.146. The Kier molecular flexibility index (Phi) is 4.00. The molecular weight excluding hydrogens is 247 g/mol. The van der Waals surface area contributed by atoms with Crippen LogP contribution in [0.3, 0.4) is 0 Å². The van der Waals surface area contributed by atoms with E-state index in [1.54, 1.807) is 12.1 Å². The first-order valence-electron chi connectivity index (χ1n) is 6.18. The zero-order chi connectivity index (χ0) is 13.8. The van der Waals surface area contributed by atoms with Crippen LogP contribution in [0.2, 0.25) is 0 Å². The van der Waals surface area contributed by atoms with Gasteiger partial charge in [0, 0.05) is 13.1 Å². The Morgan fingerprint density at radius 2 is 2.16 bits per heavy atom. The lowest BCUT2D eigenvalue weighted by atomic mass is 9.96. The summed E-state index contributed by atoms with van der Waals surface area (Å²) in [5.41, 5.74) is 0.799. The molecule has 0 amide bonds. The molecule has 0 spiro atoms. The summed E-state index contributed by atoms with van der Waals surface area (Å²) in [6, 6.07) is 6.37. The lowest BCUT2D eigenvalue weighted by Gasteiger charge is -2.32. The summed E-state index contributed by atoms with van der Waals surface area (Å²) in [5, 5.41) is 8.70. The molecule has 0 bridgehead atoms. The van der Waals surface area contributed by atoms with Crippen molar-refractivity contribution in [2.75, 3.05) is 25.1 Å². The van der Waals surface area contributed by atoms with Gasteiger partial charge in [-0.2, -0.15) is 5.26 Å². The topological polar surface area (TPSA) is 53.3 Å². The number of anilines is 1. The van der Waals surface area contributed by atoms with Crippen molar-refractivity contribution in [3.8, 4) is 6.07 Å². The maximum Gasteiger partial charge on any atom is 0.308 e. The van der Waals surface area contributed by atoms with E-state index in [0.29, 0.717) is 37.2 Å². The van der Waals surface area contributed by atoms with Gasteiger partial charge in [-0.15, -0.1) is 0 Å². The van der Waals surface area contributed by atoms with E-state index in [1.807, 2.05) is 11.0 Å². The summed E-state index contributed by atoms with van der Waals surface area (Å²) in [4.78, 5) is 13.3. The first-order valence-corrected chi connectivity index (χ1v) is 6.18. The van der Waals surface area contributed by atoms with E-state index in [9.17, 15) is 9.18 Å². The second-order valence-corrected chi connectivity index (χ2v) is 4.56. The third kappa shape index (κ3) is 2.84. The van der Waals surface area contributed by atoms with E-state index in [-0.39, 0.29) is 11.9 Å². The number of rotatable bonds is 2. The number of methoxy groups -OCH3 is 1. The fraction of sp³-hybridized carbons (Fsp3) is 0.429. The summed E-state index contributed by atoms with van der Waals surface area (Å²) in [5.74, 6) is -0.682.